The lowest BCUT2D eigenvalue weighted by Gasteiger charge is -2.05. The molecule has 108 valence electrons. The van der Waals surface area contributed by atoms with Crippen molar-refractivity contribution in [2.45, 2.75) is 33.6 Å². The van der Waals surface area contributed by atoms with Crippen LogP contribution < -0.4 is 4.74 Å². The first kappa shape index (κ1) is 14.4. The SMILES string of the molecule is CCCc1ccc(OC)c2c(C)c(C(=O)OCC)oc12. The van der Waals surface area contributed by atoms with Crippen LogP contribution in [0.5, 0.6) is 5.75 Å². The summed E-state index contributed by atoms with van der Waals surface area (Å²) in [4.78, 5) is 11.9. The molecule has 20 heavy (non-hydrogen) atoms. The van der Waals surface area contributed by atoms with Crippen LogP contribution in [0.15, 0.2) is 16.5 Å². The van der Waals surface area contributed by atoms with Gasteiger partial charge in [-0.05, 0) is 31.9 Å². The lowest BCUT2D eigenvalue weighted by Crippen LogP contribution is -2.04. The number of fused-ring (bicyclic) bond motifs is 1. The number of benzene rings is 1. The molecule has 0 bridgehead atoms. The van der Waals surface area contributed by atoms with Crippen molar-refractivity contribution in [3.8, 4) is 5.75 Å². The lowest BCUT2D eigenvalue weighted by molar-refractivity contribution is 0.0491. The monoisotopic (exact) mass is 276 g/mol. The summed E-state index contributed by atoms with van der Waals surface area (Å²) in [6, 6.07) is 3.91. The Morgan fingerprint density at radius 3 is 2.65 bits per heavy atom. The Bertz CT molecular complexity index is 625. The number of hydrogen-bond acceptors (Lipinski definition) is 4. The highest BCUT2D eigenvalue weighted by atomic mass is 16.5. The molecule has 4 heteroatoms. The minimum Gasteiger partial charge on any atom is -0.496 e. The standard InChI is InChI=1S/C16H20O4/c1-5-7-11-8-9-12(18-4)13-10(3)14(20-15(11)13)16(17)19-6-2/h8-9H,5-7H2,1-4H3. The number of carbonyl (C=O) groups is 1. The summed E-state index contributed by atoms with van der Waals surface area (Å²) in [7, 11) is 1.62. The zero-order valence-corrected chi connectivity index (χ0v) is 12.4. The van der Waals surface area contributed by atoms with Crippen molar-refractivity contribution in [2.75, 3.05) is 13.7 Å². The van der Waals surface area contributed by atoms with Crippen LogP contribution in [-0.4, -0.2) is 19.7 Å². The molecular formula is C16H20O4. The molecule has 2 rings (SSSR count). The number of ether oxygens (including phenoxy) is 2. The van der Waals surface area contributed by atoms with Gasteiger partial charge in [-0.2, -0.15) is 0 Å². The highest BCUT2D eigenvalue weighted by molar-refractivity contribution is 5.99. The summed E-state index contributed by atoms with van der Waals surface area (Å²) < 4.78 is 16.2. The number of aryl methyl sites for hydroxylation is 2. The summed E-state index contributed by atoms with van der Waals surface area (Å²) in [6.07, 6.45) is 1.91. The maximum Gasteiger partial charge on any atom is 0.374 e. The van der Waals surface area contributed by atoms with Crippen LogP contribution >= 0.6 is 0 Å². The van der Waals surface area contributed by atoms with Crippen LogP contribution in [0.2, 0.25) is 0 Å². The lowest BCUT2D eigenvalue weighted by atomic mass is 10.0. The molecule has 0 saturated carbocycles. The van der Waals surface area contributed by atoms with Crippen LogP contribution in [0.1, 0.15) is 41.9 Å². The smallest absolute Gasteiger partial charge is 0.374 e. The van der Waals surface area contributed by atoms with E-state index in [-0.39, 0.29) is 5.76 Å². The third-order valence-electron chi connectivity index (χ3n) is 3.32. The first-order chi connectivity index (χ1) is 9.63. The first-order valence-electron chi connectivity index (χ1n) is 6.90. The molecule has 0 saturated heterocycles. The second-order valence-electron chi connectivity index (χ2n) is 4.66. The van der Waals surface area contributed by atoms with Crippen molar-refractivity contribution in [1.82, 2.24) is 0 Å². The Kier molecular flexibility index (Phi) is 4.32. The Hall–Kier alpha value is -1.97. The van der Waals surface area contributed by atoms with Crippen LogP contribution in [0.3, 0.4) is 0 Å². The molecule has 1 aromatic carbocycles. The maximum absolute atomic E-state index is 11.9. The number of methoxy groups -OCH3 is 1. The summed E-state index contributed by atoms with van der Waals surface area (Å²) in [5.74, 6) is 0.561. The summed E-state index contributed by atoms with van der Waals surface area (Å²) in [6.45, 7) is 6.07. The minimum atomic E-state index is -0.425. The molecule has 0 unspecified atom stereocenters. The average molecular weight is 276 g/mol. The molecule has 0 aliphatic rings. The highest BCUT2D eigenvalue weighted by Gasteiger charge is 2.22. The van der Waals surface area contributed by atoms with Gasteiger partial charge in [-0.15, -0.1) is 0 Å². The quantitative estimate of drug-likeness (QED) is 0.778. The van der Waals surface area contributed by atoms with Gasteiger partial charge >= 0.3 is 5.97 Å². The Balaban J connectivity index is 2.66. The van der Waals surface area contributed by atoms with E-state index in [9.17, 15) is 4.79 Å². The predicted molar refractivity (Wildman–Crippen MR) is 77.5 cm³/mol. The molecule has 0 radical (unpaired) electrons. The maximum atomic E-state index is 11.9. The average Bonchev–Trinajstić information content (AvgIpc) is 2.79. The normalized spacial score (nSPS) is 10.8. The van der Waals surface area contributed by atoms with Gasteiger partial charge in [0.25, 0.3) is 0 Å². The second kappa shape index (κ2) is 5.99. The fourth-order valence-electron chi connectivity index (χ4n) is 2.40. The van der Waals surface area contributed by atoms with Gasteiger partial charge in [0.2, 0.25) is 5.76 Å². The Labute approximate surface area is 118 Å². The molecule has 0 fully saturated rings. The van der Waals surface area contributed by atoms with Crippen LogP contribution in [-0.2, 0) is 11.2 Å². The van der Waals surface area contributed by atoms with Crippen LogP contribution in [0, 0.1) is 6.92 Å². The number of furan rings is 1. The van der Waals surface area contributed by atoms with Crippen molar-refractivity contribution in [2.24, 2.45) is 0 Å². The topological polar surface area (TPSA) is 48.7 Å². The van der Waals surface area contributed by atoms with Gasteiger partial charge in [-0.25, -0.2) is 4.79 Å². The fraction of sp³-hybridized carbons (Fsp3) is 0.438. The van der Waals surface area contributed by atoms with E-state index in [1.165, 1.54) is 0 Å². The van der Waals surface area contributed by atoms with Crippen molar-refractivity contribution >= 4 is 16.9 Å². The van der Waals surface area contributed by atoms with E-state index in [2.05, 4.69) is 6.92 Å². The van der Waals surface area contributed by atoms with Crippen LogP contribution in [0.25, 0.3) is 11.0 Å². The zero-order chi connectivity index (χ0) is 14.7. The van der Waals surface area contributed by atoms with E-state index >= 15 is 0 Å². The Morgan fingerprint density at radius 1 is 1.30 bits per heavy atom. The number of carbonyl (C=O) groups excluding carboxylic acids is 1. The van der Waals surface area contributed by atoms with Crippen molar-refractivity contribution < 1.29 is 18.7 Å². The summed E-state index contributed by atoms with van der Waals surface area (Å²) >= 11 is 0. The van der Waals surface area contributed by atoms with Crippen molar-refractivity contribution in [3.63, 3.8) is 0 Å². The Morgan fingerprint density at radius 2 is 2.05 bits per heavy atom. The number of hydrogen-bond donors (Lipinski definition) is 0. The highest BCUT2D eigenvalue weighted by Crippen LogP contribution is 2.36. The van der Waals surface area contributed by atoms with E-state index in [1.807, 2.05) is 19.1 Å². The molecule has 0 N–H and O–H groups in total. The van der Waals surface area contributed by atoms with Gasteiger partial charge in [-0.1, -0.05) is 19.4 Å². The van der Waals surface area contributed by atoms with Gasteiger partial charge in [-0.3, -0.25) is 0 Å². The van der Waals surface area contributed by atoms with Crippen molar-refractivity contribution in [1.29, 1.82) is 0 Å². The number of esters is 1. The second-order valence-corrected chi connectivity index (χ2v) is 4.66. The summed E-state index contributed by atoms with van der Waals surface area (Å²) in [5, 5.41) is 0.863. The molecule has 0 amide bonds. The van der Waals surface area contributed by atoms with Crippen molar-refractivity contribution in [3.05, 3.63) is 29.0 Å². The fourth-order valence-corrected chi connectivity index (χ4v) is 2.40. The van der Waals surface area contributed by atoms with Gasteiger partial charge in [0.15, 0.2) is 0 Å². The van der Waals surface area contributed by atoms with Gasteiger partial charge in [0.1, 0.15) is 11.3 Å². The molecule has 0 aliphatic heterocycles. The molecule has 0 aliphatic carbocycles. The minimum absolute atomic E-state index is 0.267. The molecule has 0 atom stereocenters. The largest absolute Gasteiger partial charge is 0.496 e. The molecule has 0 spiro atoms. The molecular weight excluding hydrogens is 256 g/mol. The zero-order valence-electron chi connectivity index (χ0n) is 12.4. The first-order valence-corrected chi connectivity index (χ1v) is 6.90. The molecule has 1 aromatic heterocycles. The van der Waals surface area contributed by atoms with E-state index in [0.29, 0.717) is 6.61 Å². The van der Waals surface area contributed by atoms with E-state index in [0.717, 1.165) is 40.7 Å². The molecule has 4 nitrogen and oxygen atoms in total. The van der Waals surface area contributed by atoms with Crippen LogP contribution in [0.4, 0.5) is 0 Å². The van der Waals surface area contributed by atoms with Gasteiger partial charge in [0, 0.05) is 5.56 Å². The van der Waals surface area contributed by atoms with Gasteiger partial charge < -0.3 is 13.9 Å². The van der Waals surface area contributed by atoms with E-state index < -0.39 is 5.97 Å². The van der Waals surface area contributed by atoms with E-state index in [4.69, 9.17) is 13.9 Å². The molecule has 1 heterocycles. The predicted octanol–water partition coefficient (Wildman–Crippen LogP) is 3.88. The third kappa shape index (κ3) is 2.38. The summed E-state index contributed by atoms with van der Waals surface area (Å²) in [5.41, 5.74) is 2.59. The third-order valence-corrected chi connectivity index (χ3v) is 3.32. The number of rotatable bonds is 5. The molecule has 2 aromatic rings. The van der Waals surface area contributed by atoms with Gasteiger partial charge in [0.05, 0.1) is 19.1 Å². The van der Waals surface area contributed by atoms with E-state index in [1.54, 1.807) is 14.0 Å².